The van der Waals surface area contributed by atoms with Gasteiger partial charge >= 0.3 is 0 Å². The van der Waals surface area contributed by atoms with E-state index in [2.05, 4.69) is 173 Å². The first kappa shape index (κ1) is 32.2. The second kappa shape index (κ2) is 12.8. The predicted octanol–water partition coefficient (Wildman–Crippen LogP) is 12.1. The third-order valence-corrected chi connectivity index (χ3v) is 11.2. The molecule has 0 saturated carbocycles. The summed E-state index contributed by atoms with van der Waals surface area (Å²) in [5, 5.41) is 5.44. The topological polar surface area (TPSA) is 73.8 Å². The highest BCUT2D eigenvalue weighted by atomic mass is 15.2. The lowest BCUT2D eigenvalue weighted by Crippen LogP contribution is -2.06. The molecule has 4 heterocycles. The Bertz CT molecular complexity index is 3560. The Hall–Kier alpha value is -8.03. The van der Waals surface area contributed by atoms with Gasteiger partial charge in [0.1, 0.15) is 5.65 Å². The zero-order valence-electron chi connectivity index (χ0n) is 31.0. The number of rotatable bonds is 5. The van der Waals surface area contributed by atoms with Crippen molar-refractivity contribution in [3.05, 3.63) is 188 Å². The molecule has 58 heavy (non-hydrogen) atoms. The summed E-state index contributed by atoms with van der Waals surface area (Å²) in [6.45, 7) is 0. The van der Waals surface area contributed by atoms with Gasteiger partial charge in [-0.15, -0.1) is 0 Å². The fourth-order valence-corrected chi connectivity index (χ4v) is 8.42. The van der Waals surface area contributed by atoms with Crippen molar-refractivity contribution >= 4 is 60.2 Å². The van der Waals surface area contributed by atoms with Crippen LogP contribution in [-0.4, -0.2) is 33.9 Å². The van der Waals surface area contributed by atoms with Crippen LogP contribution in [0.3, 0.4) is 0 Å². The molecule has 0 N–H and O–H groups in total. The standard InChI is InChI=1S/C51H31N7/c1-2-13-32(14-3-1)33-25-27-35(28-26-33)47-54-48(56-49(55-47)40-20-12-16-34-15-4-5-17-37(34)40)36-29-30-39-38-18-7-10-23-44(38)57(46(39)31-36)51-53-42-21-8-6-19-41(42)50-52-43-22-9-11-24-45(43)58(50)51/h1-31H. The van der Waals surface area contributed by atoms with E-state index in [1.54, 1.807) is 0 Å². The average Bonchev–Trinajstić information content (AvgIpc) is 3.85. The van der Waals surface area contributed by atoms with E-state index >= 15 is 0 Å². The molecular weight excluding hydrogens is 711 g/mol. The van der Waals surface area contributed by atoms with E-state index in [4.69, 9.17) is 24.9 Å². The van der Waals surface area contributed by atoms with Gasteiger partial charge in [-0.3, -0.25) is 8.97 Å². The smallest absolute Gasteiger partial charge is 0.221 e. The van der Waals surface area contributed by atoms with Crippen molar-refractivity contribution in [1.29, 1.82) is 0 Å². The normalized spacial score (nSPS) is 11.8. The molecule has 12 rings (SSSR count). The lowest BCUT2D eigenvalue weighted by molar-refractivity contribution is 0.979. The fourth-order valence-electron chi connectivity index (χ4n) is 8.42. The quantitative estimate of drug-likeness (QED) is 0.176. The van der Waals surface area contributed by atoms with Crippen molar-refractivity contribution in [2.45, 2.75) is 0 Å². The van der Waals surface area contributed by atoms with Gasteiger partial charge in [-0.1, -0.05) is 152 Å². The molecule has 12 aromatic rings. The Morgan fingerprint density at radius 2 is 0.914 bits per heavy atom. The van der Waals surface area contributed by atoms with Crippen LogP contribution in [0.2, 0.25) is 0 Å². The maximum Gasteiger partial charge on any atom is 0.221 e. The molecule has 0 aliphatic carbocycles. The summed E-state index contributed by atoms with van der Waals surface area (Å²) in [7, 11) is 0. The molecule has 0 spiro atoms. The molecule has 4 aromatic heterocycles. The van der Waals surface area contributed by atoms with Crippen LogP contribution in [0.5, 0.6) is 0 Å². The molecular formula is C51H31N7. The molecule has 270 valence electrons. The lowest BCUT2D eigenvalue weighted by Gasteiger charge is -2.13. The summed E-state index contributed by atoms with van der Waals surface area (Å²) in [6, 6.07) is 65.0. The first-order valence-electron chi connectivity index (χ1n) is 19.4. The van der Waals surface area contributed by atoms with Crippen LogP contribution in [0.4, 0.5) is 0 Å². The Labute approximate surface area is 332 Å². The molecule has 8 aromatic carbocycles. The van der Waals surface area contributed by atoms with Gasteiger partial charge in [-0.25, -0.2) is 24.9 Å². The zero-order valence-corrected chi connectivity index (χ0v) is 31.0. The largest absolute Gasteiger partial charge is 0.279 e. The van der Waals surface area contributed by atoms with E-state index in [9.17, 15) is 0 Å². The Balaban J connectivity index is 1.11. The third kappa shape index (κ3) is 5.04. The number of benzene rings is 8. The van der Waals surface area contributed by atoms with Crippen LogP contribution in [0.15, 0.2) is 188 Å². The summed E-state index contributed by atoms with van der Waals surface area (Å²) >= 11 is 0. The van der Waals surface area contributed by atoms with Gasteiger partial charge in [0.25, 0.3) is 0 Å². The summed E-state index contributed by atoms with van der Waals surface area (Å²) in [6.07, 6.45) is 0. The Morgan fingerprint density at radius 1 is 0.328 bits per heavy atom. The van der Waals surface area contributed by atoms with Crippen LogP contribution < -0.4 is 0 Å². The maximum atomic E-state index is 5.38. The molecule has 0 aliphatic heterocycles. The van der Waals surface area contributed by atoms with Crippen LogP contribution in [0, 0.1) is 0 Å². The minimum Gasteiger partial charge on any atom is -0.279 e. The number of hydrogen-bond acceptors (Lipinski definition) is 5. The summed E-state index contributed by atoms with van der Waals surface area (Å²) < 4.78 is 4.45. The van der Waals surface area contributed by atoms with E-state index in [1.165, 1.54) is 0 Å². The van der Waals surface area contributed by atoms with Gasteiger partial charge in [0.05, 0.1) is 27.6 Å². The van der Waals surface area contributed by atoms with Crippen LogP contribution >= 0.6 is 0 Å². The summed E-state index contributed by atoms with van der Waals surface area (Å²) in [5.74, 6) is 2.57. The van der Waals surface area contributed by atoms with Crippen molar-refractivity contribution in [3.8, 4) is 51.2 Å². The maximum absolute atomic E-state index is 5.38. The van der Waals surface area contributed by atoms with Gasteiger partial charge in [0.2, 0.25) is 5.95 Å². The van der Waals surface area contributed by atoms with E-state index < -0.39 is 0 Å². The monoisotopic (exact) mass is 741 g/mol. The van der Waals surface area contributed by atoms with Gasteiger partial charge in [0, 0.05) is 32.8 Å². The Morgan fingerprint density at radius 3 is 1.76 bits per heavy atom. The third-order valence-electron chi connectivity index (χ3n) is 11.2. The number of para-hydroxylation sites is 4. The number of aromatic nitrogens is 7. The molecule has 0 saturated heterocycles. The molecule has 0 aliphatic rings. The van der Waals surface area contributed by atoms with E-state index in [-0.39, 0.29) is 0 Å². The van der Waals surface area contributed by atoms with E-state index in [0.29, 0.717) is 17.5 Å². The van der Waals surface area contributed by atoms with Crippen molar-refractivity contribution < 1.29 is 0 Å². The number of fused-ring (bicyclic) bond motifs is 9. The van der Waals surface area contributed by atoms with Crippen LogP contribution in [0.25, 0.3) is 111 Å². The molecule has 0 amide bonds. The molecule has 0 radical (unpaired) electrons. The van der Waals surface area contributed by atoms with Crippen molar-refractivity contribution in [1.82, 2.24) is 33.9 Å². The molecule has 0 fully saturated rings. The minimum atomic E-state index is 0.587. The van der Waals surface area contributed by atoms with Gasteiger partial charge in [-0.05, 0) is 58.3 Å². The molecule has 0 bridgehead atoms. The molecule has 7 nitrogen and oxygen atoms in total. The molecule has 0 unspecified atom stereocenters. The highest BCUT2D eigenvalue weighted by molar-refractivity contribution is 6.10. The highest BCUT2D eigenvalue weighted by Crippen LogP contribution is 2.37. The molecule has 0 atom stereocenters. The first-order chi connectivity index (χ1) is 28.7. The van der Waals surface area contributed by atoms with Crippen molar-refractivity contribution in [2.24, 2.45) is 0 Å². The second-order valence-electron chi connectivity index (χ2n) is 14.5. The van der Waals surface area contributed by atoms with Gasteiger partial charge in [-0.2, -0.15) is 0 Å². The second-order valence-corrected chi connectivity index (χ2v) is 14.5. The van der Waals surface area contributed by atoms with Crippen LogP contribution in [-0.2, 0) is 0 Å². The molecule has 7 heteroatoms. The van der Waals surface area contributed by atoms with Gasteiger partial charge in [0.15, 0.2) is 17.5 Å². The first-order valence-corrected chi connectivity index (χ1v) is 19.4. The van der Waals surface area contributed by atoms with Crippen LogP contribution in [0.1, 0.15) is 0 Å². The zero-order chi connectivity index (χ0) is 38.2. The predicted molar refractivity (Wildman–Crippen MR) is 235 cm³/mol. The Kier molecular flexibility index (Phi) is 7.09. The number of nitrogens with zero attached hydrogens (tertiary/aromatic N) is 7. The summed E-state index contributed by atoms with van der Waals surface area (Å²) in [5.41, 5.74) is 10.7. The number of imidazole rings is 1. The lowest BCUT2D eigenvalue weighted by atomic mass is 10.0. The van der Waals surface area contributed by atoms with Gasteiger partial charge < -0.3 is 0 Å². The number of hydrogen-bond donors (Lipinski definition) is 0. The summed E-state index contributed by atoms with van der Waals surface area (Å²) in [4.78, 5) is 26.1. The SMILES string of the molecule is c1ccc(-c2ccc(-c3nc(-c4ccc5c6ccccc6n(-c6nc7ccccc7c7nc8ccccc8n67)c5c4)nc(-c4cccc5ccccc45)n3)cc2)cc1. The average molecular weight is 742 g/mol. The highest BCUT2D eigenvalue weighted by Gasteiger charge is 2.21. The van der Waals surface area contributed by atoms with E-state index in [0.717, 1.165) is 93.9 Å². The van der Waals surface area contributed by atoms with E-state index in [1.807, 2.05) is 24.3 Å². The fraction of sp³-hybridized carbons (Fsp3) is 0. The van der Waals surface area contributed by atoms with Crippen molar-refractivity contribution in [2.75, 3.05) is 0 Å². The minimum absolute atomic E-state index is 0.587. The van der Waals surface area contributed by atoms with Crippen molar-refractivity contribution in [3.63, 3.8) is 0 Å².